The molecule has 180 valence electrons. The van der Waals surface area contributed by atoms with Crippen LogP contribution in [0.1, 0.15) is 58.8 Å². The van der Waals surface area contributed by atoms with Crippen LogP contribution < -0.4 is 15.8 Å². The molecule has 0 amide bonds. The Bertz CT molecular complexity index is 864. The molecule has 5 N–H and O–H groups in total. The summed E-state index contributed by atoms with van der Waals surface area (Å²) >= 11 is 3.59. The van der Waals surface area contributed by atoms with Crippen LogP contribution in [0.2, 0.25) is 0 Å². The lowest BCUT2D eigenvalue weighted by Crippen LogP contribution is -2.34. The van der Waals surface area contributed by atoms with Gasteiger partial charge in [-0.05, 0) is 49.9 Å². The highest BCUT2D eigenvalue weighted by Gasteiger charge is 2.20. The van der Waals surface area contributed by atoms with Crippen LogP contribution in [0.5, 0.6) is 0 Å². The number of halogens is 1. The fraction of sp³-hybridized carbons (Fsp3) is 0.522. The van der Waals surface area contributed by atoms with E-state index >= 15 is 0 Å². The third-order valence-electron chi connectivity index (χ3n) is 5.26. The van der Waals surface area contributed by atoms with Crippen LogP contribution in [-0.2, 0) is 10.0 Å². The number of rotatable bonds is 9. The second-order valence-electron chi connectivity index (χ2n) is 7.76. The van der Waals surface area contributed by atoms with Crippen molar-refractivity contribution in [1.82, 2.24) is 5.32 Å². The summed E-state index contributed by atoms with van der Waals surface area (Å²) in [6, 6.07) is 6.14. The number of aliphatic imine (C=N–C) groups is 1. The highest BCUT2D eigenvalue weighted by Crippen LogP contribution is 2.28. The average molecular weight is 530 g/mol. The SMILES string of the molecule is C=C.CC/C(Br)=C(\N=C(/C)Nc1ccc(S(N)(=O)=O)cc1)NC(CO)CC1CCCCC1. The first-order valence-electron chi connectivity index (χ1n) is 10.9. The maximum absolute atomic E-state index is 11.4. The number of allylic oxidation sites excluding steroid dienone is 1. The Labute approximate surface area is 201 Å². The van der Waals surface area contributed by atoms with E-state index in [2.05, 4.69) is 44.7 Å². The smallest absolute Gasteiger partial charge is 0.238 e. The van der Waals surface area contributed by atoms with Gasteiger partial charge in [-0.2, -0.15) is 0 Å². The zero-order chi connectivity index (χ0) is 24.1. The third kappa shape index (κ3) is 9.85. The lowest BCUT2D eigenvalue weighted by Gasteiger charge is -2.27. The number of hydrogen-bond donors (Lipinski definition) is 4. The zero-order valence-electron chi connectivity index (χ0n) is 19.1. The second kappa shape index (κ2) is 14.5. The molecule has 2 rings (SSSR count). The summed E-state index contributed by atoms with van der Waals surface area (Å²) in [5, 5.41) is 21.6. The summed E-state index contributed by atoms with van der Waals surface area (Å²) in [6.45, 7) is 9.92. The normalized spacial score (nSPS) is 17.0. The lowest BCUT2D eigenvalue weighted by molar-refractivity contribution is 0.211. The van der Waals surface area contributed by atoms with Gasteiger partial charge in [0.2, 0.25) is 10.0 Å². The molecule has 1 aromatic rings. The number of sulfonamides is 1. The number of anilines is 1. The van der Waals surface area contributed by atoms with Gasteiger partial charge in [-0.25, -0.2) is 18.5 Å². The quantitative estimate of drug-likeness (QED) is 0.207. The van der Waals surface area contributed by atoms with E-state index in [-0.39, 0.29) is 17.5 Å². The second-order valence-corrected chi connectivity index (χ2v) is 10.3. The van der Waals surface area contributed by atoms with Gasteiger partial charge in [0.25, 0.3) is 0 Å². The van der Waals surface area contributed by atoms with Crippen LogP contribution >= 0.6 is 15.9 Å². The molecule has 7 nitrogen and oxygen atoms in total. The molecule has 0 saturated heterocycles. The molecule has 0 aliphatic heterocycles. The maximum Gasteiger partial charge on any atom is 0.238 e. The fourth-order valence-electron chi connectivity index (χ4n) is 3.67. The van der Waals surface area contributed by atoms with E-state index in [9.17, 15) is 13.5 Å². The Balaban J connectivity index is 0.00000249. The molecule has 1 aliphatic carbocycles. The largest absolute Gasteiger partial charge is 0.394 e. The van der Waals surface area contributed by atoms with Crippen molar-refractivity contribution >= 4 is 37.5 Å². The number of benzene rings is 1. The van der Waals surface area contributed by atoms with Crippen LogP contribution in [0.3, 0.4) is 0 Å². The number of hydrogen-bond acceptors (Lipinski definition) is 5. The minimum atomic E-state index is -3.72. The highest BCUT2D eigenvalue weighted by atomic mass is 79.9. The first-order valence-corrected chi connectivity index (χ1v) is 13.3. The van der Waals surface area contributed by atoms with Crippen LogP contribution in [0.25, 0.3) is 0 Å². The van der Waals surface area contributed by atoms with Crippen LogP contribution in [-0.4, -0.2) is 32.0 Å². The number of aliphatic hydroxyl groups is 1. The van der Waals surface area contributed by atoms with Crippen LogP contribution in [0.15, 0.2) is 57.6 Å². The minimum Gasteiger partial charge on any atom is -0.394 e. The first kappa shape index (κ1) is 28.4. The average Bonchev–Trinajstić information content (AvgIpc) is 2.79. The molecule has 0 heterocycles. The molecule has 9 heteroatoms. The van der Waals surface area contributed by atoms with E-state index in [0.29, 0.717) is 23.3 Å². The van der Waals surface area contributed by atoms with Crippen molar-refractivity contribution in [3.05, 3.63) is 47.7 Å². The van der Waals surface area contributed by atoms with E-state index in [4.69, 9.17) is 5.14 Å². The predicted octanol–water partition coefficient (Wildman–Crippen LogP) is 4.86. The van der Waals surface area contributed by atoms with Gasteiger partial charge in [0.05, 0.1) is 17.5 Å². The number of aliphatic hydroxyl groups excluding tert-OH is 1. The molecule has 1 atom stereocenters. The van der Waals surface area contributed by atoms with Gasteiger partial charge in [-0.15, -0.1) is 13.2 Å². The van der Waals surface area contributed by atoms with E-state index in [1.807, 2.05) is 13.8 Å². The van der Waals surface area contributed by atoms with Gasteiger partial charge in [-0.3, -0.25) is 0 Å². The van der Waals surface area contributed by atoms with E-state index < -0.39 is 10.0 Å². The molecule has 0 bridgehead atoms. The summed E-state index contributed by atoms with van der Waals surface area (Å²) in [4.78, 5) is 4.73. The van der Waals surface area contributed by atoms with E-state index in [1.165, 1.54) is 44.2 Å². The van der Waals surface area contributed by atoms with E-state index in [1.54, 1.807) is 12.1 Å². The number of nitrogens with one attached hydrogen (secondary N) is 2. The summed E-state index contributed by atoms with van der Waals surface area (Å²) in [7, 11) is -3.72. The topological polar surface area (TPSA) is 117 Å². The number of amidine groups is 1. The first-order chi connectivity index (χ1) is 15.2. The molecule has 1 aromatic carbocycles. The van der Waals surface area contributed by atoms with Gasteiger partial charge in [0.15, 0.2) is 0 Å². The molecule has 1 aliphatic rings. The Hall–Kier alpha value is -1.68. The molecule has 1 fully saturated rings. The minimum absolute atomic E-state index is 0.0483. The van der Waals surface area contributed by atoms with Crippen LogP contribution in [0, 0.1) is 5.92 Å². The Morgan fingerprint density at radius 3 is 2.34 bits per heavy atom. The van der Waals surface area contributed by atoms with Gasteiger partial charge < -0.3 is 15.7 Å². The number of nitrogens with two attached hydrogens (primary N) is 1. The van der Waals surface area contributed by atoms with Crippen molar-refractivity contribution in [1.29, 1.82) is 0 Å². The van der Waals surface area contributed by atoms with Crippen molar-refractivity contribution in [3.63, 3.8) is 0 Å². The van der Waals surface area contributed by atoms with Crippen molar-refractivity contribution < 1.29 is 13.5 Å². The molecule has 1 saturated carbocycles. The molecule has 32 heavy (non-hydrogen) atoms. The Morgan fingerprint density at radius 1 is 1.25 bits per heavy atom. The molecule has 0 spiro atoms. The third-order valence-corrected chi connectivity index (χ3v) is 7.12. The number of primary sulfonamides is 1. The highest BCUT2D eigenvalue weighted by molar-refractivity contribution is 9.11. The summed E-state index contributed by atoms with van der Waals surface area (Å²) in [5.41, 5.74) is 0.705. The maximum atomic E-state index is 11.4. The summed E-state index contributed by atoms with van der Waals surface area (Å²) < 4.78 is 23.7. The monoisotopic (exact) mass is 528 g/mol. The van der Waals surface area contributed by atoms with Gasteiger partial charge in [0.1, 0.15) is 11.7 Å². The van der Waals surface area contributed by atoms with E-state index in [0.717, 1.165) is 17.3 Å². The summed E-state index contributed by atoms with van der Waals surface area (Å²) in [5.74, 6) is 1.98. The van der Waals surface area contributed by atoms with Gasteiger partial charge in [0, 0.05) is 10.2 Å². The van der Waals surface area contributed by atoms with Crippen LogP contribution in [0.4, 0.5) is 5.69 Å². The Kier molecular flexibility index (Phi) is 12.8. The van der Waals surface area contributed by atoms with Crippen molar-refractivity contribution in [3.8, 4) is 0 Å². The fourth-order valence-corrected chi connectivity index (χ4v) is 4.39. The molecule has 0 radical (unpaired) electrons. The molecular formula is C23H37BrN4O3S. The standard InChI is InChI=1S/C21H33BrN4O3S.C2H4/c1-3-20(22)21(26-18(14-27)13-16-7-5-4-6-8-16)25-15(2)24-17-9-11-19(12-10-17)30(23,28)29;1-2/h9-12,16,18,26-27H,3-8,13-14H2,1-2H3,(H,24,25)(H2,23,28,29);1-2H2/b21-20-;. The Morgan fingerprint density at radius 2 is 1.84 bits per heavy atom. The molecule has 0 aromatic heterocycles. The van der Waals surface area contributed by atoms with Crippen molar-refractivity contribution in [2.75, 3.05) is 11.9 Å². The molecular weight excluding hydrogens is 492 g/mol. The summed E-state index contributed by atoms with van der Waals surface area (Å²) in [6.07, 6.45) is 8.01. The van der Waals surface area contributed by atoms with Gasteiger partial charge in [-0.1, -0.05) is 55.0 Å². The molecule has 1 unspecified atom stereocenters. The van der Waals surface area contributed by atoms with Crippen molar-refractivity contribution in [2.24, 2.45) is 16.0 Å². The predicted molar refractivity (Wildman–Crippen MR) is 137 cm³/mol. The lowest BCUT2D eigenvalue weighted by atomic mass is 9.85. The van der Waals surface area contributed by atoms with Gasteiger partial charge >= 0.3 is 0 Å². The zero-order valence-corrected chi connectivity index (χ0v) is 21.5. The van der Waals surface area contributed by atoms with Crippen molar-refractivity contribution in [2.45, 2.75) is 69.7 Å². The number of nitrogens with zero attached hydrogens (tertiary/aromatic N) is 1.